The number of hydrogen-bond donors (Lipinski definition) is 0. The Bertz CT molecular complexity index is 601. The van der Waals surface area contributed by atoms with E-state index >= 15 is 0 Å². The van der Waals surface area contributed by atoms with Gasteiger partial charge in [-0.1, -0.05) is 0 Å². The van der Waals surface area contributed by atoms with Gasteiger partial charge in [-0.25, -0.2) is 8.42 Å². The van der Waals surface area contributed by atoms with Gasteiger partial charge in [0.2, 0.25) is 0 Å². The maximum atomic E-state index is 11.5. The lowest BCUT2D eigenvalue weighted by molar-refractivity contribution is -0.255. The molecule has 0 radical (unpaired) electrons. The predicted molar refractivity (Wildman–Crippen MR) is 60.8 cm³/mol. The number of carbonyl (C=O) groups is 1. The molecule has 1 atom stereocenters. The van der Waals surface area contributed by atoms with E-state index in [2.05, 4.69) is 5.10 Å². The first-order chi connectivity index (χ1) is 8.46. The summed E-state index contributed by atoms with van der Waals surface area (Å²) < 4.78 is 24.6. The molecule has 6 nitrogen and oxygen atoms in total. The third kappa shape index (κ3) is 2.03. The Morgan fingerprint density at radius 2 is 2.11 bits per heavy atom. The minimum atomic E-state index is -3.00. The highest BCUT2D eigenvalue weighted by Gasteiger charge is 2.35. The number of aromatic carboxylic acids is 1. The Balaban J connectivity index is 1.97. The third-order valence-corrected chi connectivity index (χ3v) is 5.27. The van der Waals surface area contributed by atoms with Gasteiger partial charge in [0.15, 0.2) is 9.84 Å². The van der Waals surface area contributed by atoms with Crippen LogP contribution in [-0.4, -0.2) is 35.7 Å². The van der Waals surface area contributed by atoms with E-state index in [9.17, 15) is 18.3 Å². The molecule has 0 unspecified atom stereocenters. The van der Waals surface area contributed by atoms with Gasteiger partial charge in [-0.05, 0) is 25.3 Å². The summed E-state index contributed by atoms with van der Waals surface area (Å²) in [4.78, 5) is 10.8. The van der Waals surface area contributed by atoms with Crippen molar-refractivity contribution in [1.82, 2.24) is 9.78 Å². The van der Waals surface area contributed by atoms with Crippen LogP contribution in [0.25, 0.3) is 0 Å². The Morgan fingerprint density at radius 1 is 1.39 bits per heavy atom. The van der Waals surface area contributed by atoms with Crippen LogP contribution < -0.4 is 5.11 Å². The summed E-state index contributed by atoms with van der Waals surface area (Å²) in [5.74, 6) is -0.770. The average Bonchev–Trinajstić information content (AvgIpc) is 2.92. The first-order valence-electron chi connectivity index (χ1n) is 5.97. The molecule has 2 heterocycles. The zero-order valence-corrected chi connectivity index (χ0v) is 10.5. The molecule has 0 spiro atoms. The smallest absolute Gasteiger partial charge is 0.152 e. The van der Waals surface area contributed by atoms with Crippen LogP contribution >= 0.6 is 0 Å². The van der Waals surface area contributed by atoms with Crippen molar-refractivity contribution >= 4 is 15.8 Å². The molecule has 1 aromatic heterocycles. The summed E-state index contributed by atoms with van der Waals surface area (Å²) in [6, 6.07) is 1.30. The van der Waals surface area contributed by atoms with Crippen molar-refractivity contribution in [2.24, 2.45) is 0 Å². The minimum Gasteiger partial charge on any atom is -0.543 e. The van der Waals surface area contributed by atoms with Crippen LogP contribution in [0.5, 0.6) is 0 Å². The molecular weight excluding hydrogens is 256 g/mol. The van der Waals surface area contributed by atoms with Crippen molar-refractivity contribution in [3.63, 3.8) is 0 Å². The molecule has 0 bridgehead atoms. The summed E-state index contributed by atoms with van der Waals surface area (Å²) >= 11 is 0. The largest absolute Gasteiger partial charge is 0.543 e. The second-order valence-corrected chi connectivity index (χ2v) is 7.25. The molecule has 2 fully saturated rings. The Kier molecular flexibility index (Phi) is 2.48. The van der Waals surface area contributed by atoms with Crippen molar-refractivity contribution in [3.05, 3.63) is 17.5 Å². The van der Waals surface area contributed by atoms with Gasteiger partial charge in [-0.3, -0.25) is 4.68 Å². The van der Waals surface area contributed by atoms with Crippen LogP contribution in [-0.2, 0) is 9.84 Å². The van der Waals surface area contributed by atoms with Crippen LogP contribution in [0.2, 0.25) is 0 Å². The lowest BCUT2D eigenvalue weighted by Crippen LogP contribution is -2.23. The maximum Gasteiger partial charge on any atom is 0.152 e. The Hall–Kier alpha value is -1.37. The van der Waals surface area contributed by atoms with E-state index in [-0.39, 0.29) is 23.2 Å². The van der Waals surface area contributed by atoms with E-state index in [1.54, 1.807) is 4.68 Å². The van der Waals surface area contributed by atoms with Crippen LogP contribution in [0.1, 0.15) is 47.4 Å². The van der Waals surface area contributed by atoms with Crippen LogP contribution in [0.4, 0.5) is 0 Å². The molecule has 18 heavy (non-hydrogen) atoms. The molecule has 1 saturated carbocycles. The molecule has 3 rings (SSSR count). The quantitative estimate of drug-likeness (QED) is 0.736. The maximum absolute atomic E-state index is 11.5. The highest BCUT2D eigenvalue weighted by atomic mass is 32.2. The van der Waals surface area contributed by atoms with Gasteiger partial charge in [-0.2, -0.15) is 5.10 Å². The summed E-state index contributed by atoms with van der Waals surface area (Å²) in [6.07, 6.45) is 2.53. The molecule has 0 N–H and O–H groups in total. The minimum absolute atomic E-state index is 0.0564. The topological polar surface area (TPSA) is 92.1 Å². The number of carboxylic acids is 1. The predicted octanol–water partition coefficient (Wildman–Crippen LogP) is -0.516. The highest BCUT2D eigenvalue weighted by molar-refractivity contribution is 7.91. The van der Waals surface area contributed by atoms with E-state index in [0.29, 0.717) is 12.3 Å². The van der Waals surface area contributed by atoms with Gasteiger partial charge in [0, 0.05) is 11.6 Å². The second-order valence-electron chi connectivity index (χ2n) is 5.02. The monoisotopic (exact) mass is 269 g/mol. The number of carboxylic acid groups (broad SMARTS) is 1. The van der Waals surface area contributed by atoms with Crippen molar-refractivity contribution in [2.75, 3.05) is 11.5 Å². The Morgan fingerprint density at radius 3 is 2.61 bits per heavy atom. The molecule has 0 amide bonds. The molecule has 98 valence electrons. The van der Waals surface area contributed by atoms with Crippen LogP contribution in [0, 0.1) is 0 Å². The molecule has 1 saturated heterocycles. The lowest BCUT2D eigenvalue weighted by atomic mass is 10.2. The number of nitrogens with zero attached hydrogens (tertiary/aromatic N) is 2. The Labute approximate surface area is 105 Å². The van der Waals surface area contributed by atoms with E-state index in [1.165, 1.54) is 6.07 Å². The van der Waals surface area contributed by atoms with Gasteiger partial charge in [0.1, 0.15) is 5.69 Å². The van der Waals surface area contributed by atoms with Crippen LogP contribution in [0.15, 0.2) is 6.07 Å². The van der Waals surface area contributed by atoms with Gasteiger partial charge in [0.05, 0.1) is 23.5 Å². The fourth-order valence-corrected chi connectivity index (χ4v) is 4.15. The number of aromatic nitrogens is 2. The van der Waals surface area contributed by atoms with E-state index in [4.69, 9.17) is 0 Å². The SMILES string of the molecule is O=C([O-])c1cc(C2CC2)n([C@H]2CCS(=O)(=O)C2)n1. The van der Waals surface area contributed by atoms with Gasteiger partial charge < -0.3 is 9.90 Å². The van der Waals surface area contributed by atoms with Crippen molar-refractivity contribution in [1.29, 1.82) is 0 Å². The van der Waals surface area contributed by atoms with Crippen LogP contribution in [0.3, 0.4) is 0 Å². The van der Waals surface area contributed by atoms with Gasteiger partial charge >= 0.3 is 0 Å². The number of rotatable bonds is 3. The normalized spacial score (nSPS) is 26.3. The average molecular weight is 269 g/mol. The molecule has 1 aliphatic carbocycles. The highest BCUT2D eigenvalue weighted by Crippen LogP contribution is 2.42. The number of carbonyl (C=O) groups excluding carboxylic acids is 1. The number of hydrogen-bond acceptors (Lipinski definition) is 5. The summed E-state index contributed by atoms with van der Waals surface area (Å²) in [7, 11) is -3.00. The standard InChI is InChI=1S/C11H14N2O4S/c14-11(15)9-5-10(7-1-2-7)13(12-9)8-3-4-18(16,17)6-8/h5,7-8H,1-4,6H2,(H,14,15)/p-1/t8-/m0/s1. The molecule has 7 heteroatoms. The molecule has 1 aromatic rings. The molecule has 2 aliphatic rings. The second kappa shape index (κ2) is 3.81. The molecule has 1 aliphatic heterocycles. The van der Waals surface area contributed by atoms with Crippen molar-refractivity contribution in [3.8, 4) is 0 Å². The fraction of sp³-hybridized carbons (Fsp3) is 0.636. The first kappa shape index (κ1) is 11.7. The fourth-order valence-electron chi connectivity index (χ4n) is 2.45. The van der Waals surface area contributed by atoms with Crippen molar-refractivity contribution in [2.45, 2.75) is 31.2 Å². The van der Waals surface area contributed by atoms with E-state index in [0.717, 1.165) is 18.5 Å². The van der Waals surface area contributed by atoms with Crippen molar-refractivity contribution < 1.29 is 18.3 Å². The zero-order valence-electron chi connectivity index (χ0n) is 9.70. The van der Waals surface area contributed by atoms with Gasteiger partial charge in [0.25, 0.3) is 0 Å². The third-order valence-electron chi connectivity index (χ3n) is 3.52. The molecule has 0 aromatic carbocycles. The van der Waals surface area contributed by atoms with E-state index in [1.807, 2.05) is 0 Å². The summed E-state index contributed by atoms with van der Waals surface area (Å²) in [5.41, 5.74) is 0.748. The summed E-state index contributed by atoms with van der Waals surface area (Å²) in [5, 5.41) is 14.9. The zero-order chi connectivity index (χ0) is 12.9. The van der Waals surface area contributed by atoms with E-state index < -0.39 is 15.8 Å². The number of sulfone groups is 1. The lowest BCUT2D eigenvalue weighted by Gasteiger charge is -2.12. The first-order valence-corrected chi connectivity index (χ1v) is 7.79. The van der Waals surface area contributed by atoms with Gasteiger partial charge in [-0.15, -0.1) is 0 Å². The molecular formula is C11H13N2O4S-. The summed E-state index contributed by atoms with van der Waals surface area (Å²) in [6.45, 7) is 0.